The molecule has 0 amide bonds. The number of carboxylic acids is 2. The maximum absolute atomic E-state index is 9.10. The van der Waals surface area contributed by atoms with Gasteiger partial charge < -0.3 is 21.8 Å². The first-order chi connectivity index (χ1) is 5.45. The van der Waals surface area contributed by atoms with Crippen molar-refractivity contribution in [3.8, 4) is 0 Å². The van der Waals surface area contributed by atoms with Crippen LogP contribution in [0, 0.1) is 0 Å². The fourth-order valence-electron chi connectivity index (χ4n) is 0.0373. The van der Waals surface area contributed by atoms with Gasteiger partial charge in [-0.1, -0.05) is 0 Å². The quantitative estimate of drug-likeness (QED) is 0.0739. The third-order valence-electron chi connectivity index (χ3n) is 0.470. The first kappa shape index (κ1) is 12.6. The molecule has 9 heteroatoms. The molecule has 0 fully saturated rings. The lowest BCUT2D eigenvalue weighted by atomic mass is 10.7. The molecule has 0 atom stereocenters. The van der Waals surface area contributed by atoms with Crippen molar-refractivity contribution in [2.24, 2.45) is 22.5 Å². The summed E-state index contributed by atoms with van der Waals surface area (Å²) in [4.78, 5) is 18.2. The standard InChI is InChI=1S/C2H2O4.CH7N5/c3-1(4)2(5)6;2-1(5-3)6-4/h(H,3,4)(H,5,6);3-4H2,(H3,2,5,6). The van der Waals surface area contributed by atoms with Crippen molar-refractivity contribution in [1.82, 2.24) is 5.43 Å². The first-order valence-electron chi connectivity index (χ1n) is 2.41. The number of nitrogens with one attached hydrogen (secondary N) is 1. The van der Waals surface area contributed by atoms with Gasteiger partial charge in [-0.05, 0) is 0 Å². The summed E-state index contributed by atoms with van der Waals surface area (Å²) in [5.74, 6) is 5.67. The smallest absolute Gasteiger partial charge is 0.414 e. The average Bonchev–Trinajstić information content (AvgIpc) is 2.04. The summed E-state index contributed by atoms with van der Waals surface area (Å²) in [6, 6.07) is 0. The number of guanidine groups is 1. The highest BCUT2D eigenvalue weighted by Crippen LogP contribution is 1.56. The number of nitrogens with zero attached hydrogens (tertiary/aromatic N) is 1. The van der Waals surface area contributed by atoms with Crippen LogP contribution in [0.1, 0.15) is 0 Å². The van der Waals surface area contributed by atoms with Crippen molar-refractivity contribution in [2.75, 3.05) is 0 Å². The minimum atomic E-state index is -1.82. The first-order valence-corrected chi connectivity index (χ1v) is 2.41. The molecule has 0 heterocycles. The Labute approximate surface area is 66.8 Å². The molecular formula is C3H9N5O4. The molecule has 0 aromatic heterocycles. The molecule has 12 heavy (non-hydrogen) atoms. The predicted octanol–water partition coefficient (Wildman–Crippen LogP) is -3.21. The normalized spacial score (nSPS) is 9.25. The molecule has 0 radical (unpaired) electrons. The van der Waals surface area contributed by atoms with Crippen molar-refractivity contribution < 1.29 is 19.8 Å². The van der Waals surface area contributed by atoms with Gasteiger partial charge in [-0.15, -0.1) is 5.10 Å². The summed E-state index contributed by atoms with van der Waals surface area (Å²) in [5, 5.41) is 17.7. The van der Waals surface area contributed by atoms with E-state index < -0.39 is 11.9 Å². The van der Waals surface area contributed by atoms with E-state index in [0.29, 0.717) is 0 Å². The van der Waals surface area contributed by atoms with Crippen LogP contribution >= 0.6 is 0 Å². The number of hydrazone groups is 1. The van der Waals surface area contributed by atoms with Gasteiger partial charge in [0, 0.05) is 0 Å². The van der Waals surface area contributed by atoms with Crippen LogP contribution in [0.4, 0.5) is 0 Å². The number of carboxylic acid groups (broad SMARTS) is 2. The molecule has 0 aliphatic rings. The SMILES string of the molecule is NN=C(N)NN.O=C(O)C(=O)O. The number of hydrogen-bond acceptors (Lipinski definition) is 5. The van der Waals surface area contributed by atoms with Crippen molar-refractivity contribution >= 4 is 17.9 Å². The Kier molecular flexibility index (Phi) is 7.45. The van der Waals surface area contributed by atoms with Crippen molar-refractivity contribution in [2.45, 2.75) is 0 Å². The second kappa shape index (κ2) is 7.08. The van der Waals surface area contributed by atoms with Gasteiger partial charge in [-0.25, -0.2) is 15.4 Å². The molecule has 0 aromatic rings. The van der Waals surface area contributed by atoms with E-state index in [9.17, 15) is 0 Å². The molecule has 0 saturated carbocycles. The Morgan fingerprint density at radius 2 is 1.58 bits per heavy atom. The molecule has 0 aliphatic carbocycles. The second-order valence-electron chi connectivity index (χ2n) is 1.27. The summed E-state index contributed by atoms with van der Waals surface area (Å²) in [6.07, 6.45) is 0. The van der Waals surface area contributed by atoms with Gasteiger partial charge in [-0.3, -0.25) is 5.43 Å². The third kappa shape index (κ3) is 10.9. The topological polar surface area (TPSA) is 177 Å². The van der Waals surface area contributed by atoms with Crippen LogP contribution in [0.15, 0.2) is 5.10 Å². The van der Waals surface area contributed by atoms with Crippen LogP contribution in [0.3, 0.4) is 0 Å². The Bertz CT molecular complexity index is 177. The lowest BCUT2D eigenvalue weighted by Crippen LogP contribution is -2.37. The van der Waals surface area contributed by atoms with Crippen LogP contribution in [0.25, 0.3) is 0 Å². The highest BCUT2D eigenvalue weighted by molar-refractivity contribution is 6.27. The number of hydrogen-bond donors (Lipinski definition) is 6. The number of carbonyl (C=O) groups is 2. The van der Waals surface area contributed by atoms with E-state index in [1.54, 1.807) is 0 Å². The van der Waals surface area contributed by atoms with Crippen LogP contribution in [0.5, 0.6) is 0 Å². The Morgan fingerprint density at radius 3 is 1.58 bits per heavy atom. The van der Waals surface area contributed by atoms with Gasteiger partial charge in [0.1, 0.15) is 0 Å². The van der Waals surface area contributed by atoms with Crippen molar-refractivity contribution in [3.63, 3.8) is 0 Å². The van der Waals surface area contributed by atoms with E-state index in [1.807, 2.05) is 5.43 Å². The Hall–Kier alpha value is -2.03. The summed E-state index contributed by atoms with van der Waals surface area (Å²) >= 11 is 0. The molecule has 9 nitrogen and oxygen atoms in total. The summed E-state index contributed by atoms with van der Waals surface area (Å²) < 4.78 is 0. The zero-order valence-electron chi connectivity index (χ0n) is 5.89. The number of rotatable bonds is 0. The van der Waals surface area contributed by atoms with E-state index in [2.05, 4.69) is 10.9 Å². The van der Waals surface area contributed by atoms with E-state index >= 15 is 0 Å². The minimum Gasteiger partial charge on any atom is -0.473 e. The number of aliphatic carboxylic acids is 2. The van der Waals surface area contributed by atoms with Crippen LogP contribution in [0.2, 0.25) is 0 Å². The van der Waals surface area contributed by atoms with Gasteiger partial charge in [0.25, 0.3) is 0 Å². The van der Waals surface area contributed by atoms with Crippen LogP contribution < -0.4 is 22.8 Å². The molecule has 0 spiro atoms. The predicted molar refractivity (Wildman–Crippen MR) is 38.4 cm³/mol. The fraction of sp³-hybridized carbons (Fsp3) is 0. The largest absolute Gasteiger partial charge is 0.473 e. The van der Waals surface area contributed by atoms with E-state index in [1.165, 1.54) is 0 Å². The Morgan fingerprint density at radius 1 is 1.25 bits per heavy atom. The maximum Gasteiger partial charge on any atom is 0.414 e. The van der Waals surface area contributed by atoms with Crippen LogP contribution in [-0.4, -0.2) is 28.1 Å². The van der Waals surface area contributed by atoms with Gasteiger partial charge >= 0.3 is 11.9 Å². The highest BCUT2D eigenvalue weighted by atomic mass is 16.4. The average molecular weight is 179 g/mol. The fourth-order valence-corrected chi connectivity index (χ4v) is 0.0373. The lowest BCUT2D eigenvalue weighted by molar-refractivity contribution is -0.159. The molecule has 0 unspecified atom stereocenters. The van der Waals surface area contributed by atoms with E-state index in [0.717, 1.165) is 0 Å². The molecule has 0 bridgehead atoms. The zero-order valence-corrected chi connectivity index (χ0v) is 5.89. The molecule has 0 aromatic carbocycles. The molecule has 0 saturated heterocycles. The Balaban J connectivity index is 0. The molecule has 9 N–H and O–H groups in total. The van der Waals surface area contributed by atoms with E-state index in [-0.39, 0.29) is 5.96 Å². The molecule has 0 aliphatic heterocycles. The van der Waals surface area contributed by atoms with Gasteiger partial charge in [0.05, 0.1) is 0 Å². The molecular weight excluding hydrogens is 170 g/mol. The zero-order chi connectivity index (χ0) is 10.1. The highest BCUT2D eigenvalue weighted by Gasteiger charge is 2.04. The molecule has 70 valence electrons. The van der Waals surface area contributed by atoms with Gasteiger partial charge in [-0.2, -0.15) is 0 Å². The summed E-state index contributed by atoms with van der Waals surface area (Å²) in [5.41, 5.74) is 6.88. The van der Waals surface area contributed by atoms with E-state index in [4.69, 9.17) is 31.4 Å². The molecule has 0 rings (SSSR count). The van der Waals surface area contributed by atoms with Crippen molar-refractivity contribution in [3.05, 3.63) is 0 Å². The lowest BCUT2D eigenvalue weighted by Gasteiger charge is -1.89. The monoisotopic (exact) mass is 179 g/mol. The minimum absolute atomic E-state index is 0.0231. The third-order valence-corrected chi connectivity index (χ3v) is 0.470. The van der Waals surface area contributed by atoms with Crippen LogP contribution in [-0.2, 0) is 9.59 Å². The summed E-state index contributed by atoms with van der Waals surface area (Å²) in [7, 11) is 0. The summed E-state index contributed by atoms with van der Waals surface area (Å²) in [6.45, 7) is 0. The number of nitrogens with two attached hydrogens (primary N) is 3. The van der Waals surface area contributed by atoms with Gasteiger partial charge in [0.2, 0.25) is 5.96 Å². The number of hydrazine groups is 1. The maximum atomic E-state index is 9.10. The van der Waals surface area contributed by atoms with Gasteiger partial charge in [0.15, 0.2) is 0 Å². The second-order valence-corrected chi connectivity index (χ2v) is 1.27. The van der Waals surface area contributed by atoms with Crippen molar-refractivity contribution in [1.29, 1.82) is 0 Å².